The molecule has 2 heterocycles. The van der Waals surface area contributed by atoms with Crippen LogP contribution >= 0.6 is 22.6 Å². The summed E-state index contributed by atoms with van der Waals surface area (Å²) in [5, 5.41) is 4.34. The first-order valence-electron chi connectivity index (χ1n) is 5.11. The van der Waals surface area contributed by atoms with E-state index in [1.807, 2.05) is 22.9 Å². The molecule has 0 bridgehead atoms. The van der Waals surface area contributed by atoms with E-state index in [4.69, 9.17) is 4.74 Å². The van der Waals surface area contributed by atoms with Crippen LogP contribution in [0.25, 0.3) is 0 Å². The standard InChI is InChI=1S/C11H10IN3O/c12-11-13-10-9(8-4-2-1-3-5-8)16-7-6-15(10)14-11/h1-5,9H,6-7H2/t9-/m1/s1. The molecule has 1 aliphatic rings. The number of ether oxygens (including phenoxy) is 1. The maximum Gasteiger partial charge on any atom is 0.211 e. The Bertz CT molecular complexity index is 497. The second kappa shape index (κ2) is 4.14. The number of fused-ring (bicyclic) bond motifs is 1. The van der Waals surface area contributed by atoms with Crippen molar-refractivity contribution in [1.82, 2.24) is 14.8 Å². The molecule has 16 heavy (non-hydrogen) atoms. The third-order valence-electron chi connectivity index (χ3n) is 2.60. The van der Waals surface area contributed by atoms with Crippen molar-refractivity contribution in [2.75, 3.05) is 6.61 Å². The molecule has 0 aliphatic carbocycles. The van der Waals surface area contributed by atoms with Crippen LogP contribution < -0.4 is 0 Å². The Morgan fingerprint density at radius 3 is 2.94 bits per heavy atom. The van der Waals surface area contributed by atoms with Crippen molar-refractivity contribution in [3.63, 3.8) is 0 Å². The normalized spacial score (nSPS) is 19.4. The fraction of sp³-hybridized carbons (Fsp3) is 0.273. The van der Waals surface area contributed by atoms with Gasteiger partial charge in [0, 0.05) is 22.6 Å². The summed E-state index contributed by atoms with van der Waals surface area (Å²) in [6.45, 7) is 1.47. The van der Waals surface area contributed by atoms with Crippen molar-refractivity contribution < 1.29 is 4.74 Å². The van der Waals surface area contributed by atoms with E-state index >= 15 is 0 Å². The van der Waals surface area contributed by atoms with E-state index in [1.165, 1.54) is 0 Å². The monoisotopic (exact) mass is 327 g/mol. The average molecular weight is 327 g/mol. The molecule has 3 rings (SSSR count). The van der Waals surface area contributed by atoms with E-state index in [-0.39, 0.29) is 6.10 Å². The zero-order chi connectivity index (χ0) is 11.0. The Morgan fingerprint density at radius 2 is 2.12 bits per heavy atom. The van der Waals surface area contributed by atoms with E-state index in [0.29, 0.717) is 6.61 Å². The minimum absolute atomic E-state index is 0.0778. The molecule has 2 aromatic rings. The molecule has 0 radical (unpaired) electrons. The summed E-state index contributed by atoms with van der Waals surface area (Å²) in [5.41, 5.74) is 1.13. The predicted octanol–water partition coefficient (Wildman–Crippen LogP) is 2.00. The van der Waals surface area contributed by atoms with Crippen LogP contribution in [-0.4, -0.2) is 21.4 Å². The van der Waals surface area contributed by atoms with Crippen LogP contribution in [0.3, 0.4) is 0 Å². The van der Waals surface area contributed by atoms with Gasteiger partial charge in [0.15, 0.2) is 5.82 Å². The van der Waals surface area contributed by atoms with E-state index in [9.17, 15) is 0 Å². The first kappa shape index (κ1) is 10.2. The van der Waals surface area contributed by atoms with Crippen LogP contribution in [0.4, 0.5) is 0 Å². The molecule has 0 fully saturated rings. The third kappa shape index (κ3) is 1.73. The van der Waals surface area contributed by atoms with Gasteiger partial charge in [-0.05, 0) is 5.56 Å². The minimum atomic E-state index is -0.0778. The maximum absolute atomic E-state index is 5.78. The van der Waals surface area contributed by atoms with Crippen molar-refractivity contribution in [2.45, 2.75) is 12.6 Å². The molecular weight excluding hydrogens is 317 g/mol. The summed E-state index contributed by atoms with van der Waals surface area (Å²) in [6.07, 6.45) is -0.0778. The highest BCUT2D eigenvalue weighted by molar-refractivity contribution is 14.1. The number of halogens is 1. The summed E-state index contributed by atoms with van der Waals surface area (Å²) in [5.74, 6) is 0.904. The molecule has 5 heteroatoms. The van der Waals surface area contributed by atoms with E-state index in [1.54, 1.807) is 0 Å². The van der Waals surface area contributed by atoms with Gasteiger partial charge in [-0.15, -0.1) is 5.10 Å². The largest absolute Gasteiger partial charge is 0.364 e. The van der Waals surface area contributed by atoms with Gasteiger partial charge < -0.3 is 4.74 Å². The number of rotatable bonds is 1. The zero-order valence-electron chi connectivity index (χ0n) is 8.51. The van der Waals surface area contributed by atoms with Gasteiger partial charge in [-0.1, -0.05) is 30.3 Å². The molecule has 0 saturated carbocycles. The molecule has 0 amide bonds. The molecular formula is C11H10IN3O. The highest BCUT2D eigenvalue weighted by atomic mass is 127. The second-order valence-corrected chi connectivity index (χ2v) is 4.59. The van der Waals surface area contributed by atoms with Crippen molar-refractivity contribution in [2.24, 2.45) is 0 Å². The Morgan fingerprint density at radius 1 is 1.31 bits per heavy atom. The summed E-state index contributed by atoms with van der Waals surface area (Å²) >= 11 is 2.13. The highest BCUT2D eigenvalue weighted by Gasteiger charge is 2.25. The maximum atomic E-state index is 5.78. The lowest BCUT2D eigenvalue weighted by molar-refractivity contribution is 0.0390. The fourth-order valence-corrected chi connectivity index (χ4v) is 2.40. The molecule has 0 spiro atoms. The molecule has 0 N–H and O–H groups in total. The van der Waals surface area contributed by atoms with Gasteiger partial charge in [0.05, 0.1) is 13.2 Å². The molecule has 0 unspecified atom stereocenters. The fourth-order valence-electron chi connectivity index (χ4n) is 1.89. The van der Waals surface area contributed by atoms with E-state index < -0.39 is 0 Å². The number of benzene rings is 1. The van der Waals surface area contributed by atoms with Crippen LogP contribution in [0.5, 0.6) is 0 Å². The number of hydrogen-bond donors (Lipinski definition) is 0. The number of aromatic nitrogens is 3. The first-order chi connectivity index (χ1) is 7.84. The van der Waals surface area contributed by atoms with Crippen LogP contribution in [0.1, 0.15) is 17.5 Å². The van der Waals surface area contributed by atoms with Crippen molar-refractivity contribution >= 4 is 22.6 Å². The Labute approximate surface area is 107 Å². The van der Waals surface area contributed by atoms with E-state index in [2.05, 4.69) is 44.8 Å². The number of nitrogens with zero attached hydrogens (tertiary/aromatic N) is 3. The van der Waals surface area contributed by atoms with Crippen molar-refractivity contribution in [3.8, 4) is 0 Å². The van der Waals surface area contributed by atoms with Crippen molar-refractivity contribution in [3.05, 3.63) is 45.6 Å². The molecule has 1 aromatic carbocycles. The van der Waals surface area contributed by atoms with Crippen molar-refractivity contribution in [1.29, 1.82) is 0 Å². The summed E-state index contributed by atoms with van der Waals surface area (Å²) in [7, 11) is 0. The summed E-state index contributed by atoms with van der Waals surface area (Å²) in [4.78, 5) is 4.42. The van der Waals surface area contributed by atoms with Gasteiger partial charge in [0.25, 0.3) is 0 Å². The quantitative estimate of drug-likeness (QED) is 0.752. The molecule has 82 valence electrons. The average Bonchev–Trinajstić information content (AvgIpc) is 2.70. The summed E-state index contributed by atoms with van der Waals surface area (Å²) in [6, 6.07) is 10.1. The van der Waals surface area contributed by atoms with Gasteiger partial charge in [-0.2, -0.15) is 0 Å². The van der Waals surface area contributed by atoms with Gasteiger partial charge in [0.2, 0.25) is 3.83 Å². The Hall–Kier alpha value is -0.950. The van der Waals surface area contributed by atoms with Crippen LogP contribution in [-0.2, 0) is 11.3 Å². The Balaban J connectivity index is 2.05. The van der Waals surface area contributed by atoms with Crippen LogP contribution in [0.15, 0.2) is 30.3 Å². The number of hydrogen-bond acceptors (Lipinski definition) is 3. The smallest absolute Gasteiger partial charge is 0.211 e. The molecule has 1 aromatic heterocycles. The van der Waals surface area contributed by atoms with E-state index in [0.717, 1.165) is 21.8 Å². The van der Waals surface area contributed by atoms with Crippen LogP contribution in [0.2, 0.25) is 0 Å². The topological polar surface area (TPSA) is 39.9 Å². The predicted molar refractivity (Wildman–Crippen MR) is 67.0 cm³/mol. The summed E-state index contributed by atoms with van der Waals surface area (Å²) < 4.78 is 8.49. The zero-order valence-corrected chi connectivity index (χ0v) is 10.7. The first-order valence-corrected chi connectivity index (χ1v) is 6.19. The SMILES string of the molecule is Ic1nc2n(n1)CCO[C@@H]2c1ccccc1. The lowest BCUT2D eigenvalue weighted by Crippen LogP contribution is -2.23. The molecule has 4 nitrogen and oxygen atoms in total. The second-order valence-electron chi connectivity index (χ2n) is 3.62. The van der Waals surface area contributed by atoms with Gasteiger partial charge in [-0.3, -0.25) is 0 Å². The molecule has 1 aliphatic heterocycles. The lowest BCUT2D eigenvalue weighted by Gasteiger charge is -2.22. The molecule has 1 atom stereocenters. The van der Waals surface area contributed by atoms with Crippen LogP contribution in [0, 0.1) is 3.83 Å². The Kier molecular flexibility index (Phi) is 2.64. The molecule has 0 saturated heterocycles. The highest BCUT2D eigenvalue weighted by Crippen LogP contribution is 2.27. The minimum Gasteiger partial charge on any atom is -0.364 e. The third-order valence-corrected chi connectivity index (χ3v) is 3.06. The van der Waals surface area contributed by atoms with Gasteiger partial charge in [-0.25, -0.2) is 9.67 Å². The van der Waals surface area contributed by atoms with Gasteiger partial charge in [0.1, 0.15) is 6.10 Å². The lowest BCUT2D eigenvalue weighted by atomic mass is 10.1. The van der Waals surface area contributed by atoms with Gasteiger partial charge >= 0.3 is 0 Å².